The summed E-state index contributed by atoms with van der Waals surface area (Å²) >= 11 is 0. The second kappa shape index (κ2) is 7.24. The highest BCUT2D eigenvalue weighted by atomic mass is 16.6. The predicted octanol–water partition coefficient (Wildman–Crippen LogP) is 2.07. The van der Waals surface area contributed by atoms with Gasteiger partial charge >= 0.3 is 17.9 Å². The molecule has 21 heavy (non-hydrogen) atoms. The molecule has 0 saturated heterocycles. The van der Waals surface area contributed by atoms with Crippen molar-refractivity contribution in [2.24, 2.45) is 5.41 Å². The van der Waals surface area contributed by atoms with Gasteiger partial charge in [0.2, 0.25) is 0 Å². The molecule has 1 N–H and O–H groups in total. The first-order chi connectivity index (χ1) is 9.79. The number of rotatable bonds is 7. The quantitative estimate of drug-likeness (QED) is 0.571. The molecule has 0 radical (unpaired) electrons. The summed E-state index contributed by atoms with van der Waals surface area (Å²) < 4.78 is 10.0. The Kier molecular flexibility index (Phi) is 5.93. The van der Waals surface area contributed by atoms with E-state index in [1.165, 1.54) is 0 Å². The number of hydrogen-bond acceptors (Lipinski definition) is 5. The van der Waals surface area contributed by atoms with E-state index in [1.807, 2.05) is 6.92 Å². The van der Waals surface area contributed by atoms with Crippen LogP contribution in [0.4, 0.5) is 0 Å². The highest BCUT2D eigenvalue weighted by Gasteiger charge is 2.28. The number of carboxylic acids is 1. The molecule has 1 rings (SSSR count). The molecule has 0 aromatic rings. The molecule has 0 fully saturated rings. The molecule has 0 saturated carbocycles. The fourth-order valence-electron chi connectivity index (χ4n) is 1.90. The summed E-state index contributed by atoms with van der Waals surface area (Å²) in [6, 6.07) is 0. The fourth-order valence-corrected chi connectivity index (χ4v) is 1.90. The Labute approximate surface area is 124 Å². The van der Waals surface area contributed by atoms with Gasteiger partial charge < -0.3 is 14.6 Å². The minimum Gasteiger partial charge on any atom is -0.478 e. The Morgan fingerprint density at radius 3 is 2.24 bits per heavy atom. The molecule has 6 nitrogen and oxygen atoms in total. The van der Waals surface area contributed by atoms with Crippen LogP contribution in [0.3, 0.4) is 0 Å². The van der Waals surface area contributed by atoms with E-state index in [1.54, 1.807) is 13.8 Å². The maximum Gasteiger partial charge on any atom is 0.334 e. The highest BCUT2D eigenvalue weighted by Crippen LogP contribution is 2.27. The van der Waals surface area contributed by atoms with Gasteiger partial charge in [0.25, 0.3) is 0 Å². The first-order valence-corrected chi connectivity index (χ1v) is 7.09. The van der Waals surface area contributed by atoms with Gasteiger partial charge in [-0.25, -0.2) is 9.59 Å². The van der Waals surface area contributed by atoms with Crippen molar-refractivity contribution >= 4 is 17.9 Å². The molecule has 0 aliphatic heterocycles. The summed E-state index contributed by atoms with van der Waals surface area (Å²) in [6.07, 6.45) is 2.11. The zero-order valence-electron chi connectivity index (χ0n) is 12.7. The third-order valence-electron chi connectivity index (χ3n) is 3.71. The lowest BCUT2D eigenvalue weighted by atomic mass is 9.91. The molecule has 0 amide bonds. The third-order valence-corrected chi connectivity index (χ3v) is 3.71. The van der Waals surface area contributed by atoms with Gasteiger partial charge in [-0.05, 0) is 39.5 Å². The number of ether oxygens (including phenoxy) is 2. The maximum atomic E-state index is 11.8. The maximum absolute atomic E-state index is 11.8. The van der Waals surface area contributed by atoms with E-state index in [9.17, 15) is 14.4 Å². The molecule has 0 heterocycles. The third kappa shape index (κ3) is 4.58. The molecule has 6 heteroatoms. The van der Waals surface area contributed by atoms with Crippen LogP contribution in [0, 0.1) is 5.41 Å². The van der Waals surface area contributed by atoms with E-state index >= 15 is 0 Å². The smallest absolute Gasteiger partial charge is 0.334 e. The van der Waals surface area contributed by atoms with E-state index < -0.39 is 17.4 Å². The Morgan fingerprint density at radius 1 is 1.10 bits per heavy atom. The summed E-state index contributed by atoms with van der Waals surface area (Å²) in [5.41, 5.74) is -0.208. The van der Waals surface area contributed by atoms with Crippen molar-refractivity contribution in [2.75, 3.05) is 13.2 Å². The summed E-state index contributed by atoms with van der Waals surface area (Å²) in [5, 5.41) is 8.96. The second-order valence-corrected chi connectivity index (χ2v) is 5.63. The molecule has 118 valence electrons. The largest absolute Gasteiger partial charge is 0.478 e. The molecular weight excluding hydrogens is 276 g/mol. The minimum absolute atomic E-state index is 0.0241. The molecule has 0 atom stereocenters. The molecule has 0 unspecified atom stereocenters. The van der Waals surface area contributed by atoms with Crippen LogP contribution in [0.15, 0.2) is 11.1 Å². The van der Waals surface area contributed by atoms with Crippen molar-refractivity contribution in [3.63, 3.8) is 0 Å². The Bertz CT molecular complexity index is 461. The average Bonchev–Trinajstić information content (AvgIpc) is 2.92. The summed E-state index contributed by atoms with van der Waals surface area (Å²) in [5.74, 6) is -2.04. The zero-order valence-corrected chi connectivity index (χ0v) is 12.7. The zero-order chi connectivity index (χ0) is 16.0. The Balaban J connectivity index is 2.40. The minimum atomic E-state index is -1.07. The first-order valence-electron chi connectivity index (χ1n) is 7.09. The van der Waals surface area contributed by atoms with Crippen molar-refractivity contribution in [2.45, 2.75) is 46.5 Å². The normalized spacial score (nSPS) is 15.0. The predicted molar refractivity (Wildman–Crippen MR) is 74.5 cm³/mol. The highest BCUT2D eigenvalue weighted by molar-refractivity contribution is 6.00. The van der Waals surface area contributed by atoms with E-state index in [0.29, 0.717) is 25.7 Å². The first kappa shape index (κ1) is 17.2. The Morgan fingerprint density at radius 2 is 1.67 bits per heavy atom. The van der Waals surface area contributed by atoms with Crippen LogP contribution in [-0.4, -0.2) is 36.2 Å². The van der Waals surface area contributed by atoms with Crippen LogP contribution >= 0.6 is 0 Å². The van der Waals surface area contributed by atoms with Gasteiger partial charge in [0.05, 0.1) is 5.41 Å². The Hall–Kier alpha value is -1.85. The van der Waals surface area contributed by atoms with Crippen LogP contribution in [-0.2, 0) is 23.9 Å². The molecule has 0 spiro atoms. The van der Waals surface area contributed by atoms with E-state index in [0.717, 1.165) is 0 Å². The van der Waals surface area contributed by atoms with E-state index in [2.05, 4.69) is 0 Å². The molecule has 0 bridgehead atoms. The molecule has 1 aliphatic rings. The van der Waals surface area contributed by atoms with Gasteiger partial charge in [0, 0.05) is 11.1 Å². The number of carboxylic acid groups (broad SMARTS) is 1. The second-order valence-electron chi connectivity index (χ2n) is 5.63. The van der Waals surface area contributed by atoms with Crippen molar-refractivity contribution in [3.8, 4) is 0 Å². The van der Waals surface area contributed by atoms with Gasteiger partial charge in [0.15, 0.2) is 0 Å². The standard InChI is InChI=1S/C15H22O6/c1-4-15(2,3)14(19)21-9-8-20-13(18)11-7-5-6-10(11)12(16)17/h4-9H2,1-3H3,(H,16,17). The van der Waals surface area contributed by atoms with E-state index in [4.69, 9.17) is 14.6 Å². The molecule has 1 aliphatic carbocycles. The van der Waals surface area contributed by atoms with E-state index in [-0.39, 0.29) is 30.3 Å². The number of aliphatic carboxylic acids is 1. The van der Waals surface area contributed by atoms with Crippen LogP contribution in [0.5, 0.6) is 0 Å². The van der Waals surface area contributed by atoms with Crippen LogP contribution < -0.4 is 0 Å². The summed E-state index contributed by atoms with van der Waals surface area (Å²) in [6.45, 7) is 5.36. The monoisotopic (exact) mass is 298 g/mol. The van der Waals surface area contributed by atoms with Crippen molar-refractivity contribution in [3.05, 3.63) is 11.1 Å². The summed E-state index contributed by atoms with van der Waals surface area (Å²) in [4.78, 5) is 34.4. The lowest BCUT2D eigenvalue weighted by molar-refractivity contribution is -0.158. The molecule has 0 aromatic carbocycles. The van der Waals surface area contributed by atoms with Crippen LogP contribution in [0.2, 0.25) is 0 Å². The van der Waals surface area contributed by atoms with Gasteiger partial charge in [0.1, 0.15) is 13.2 Å². The van der Waals surface area contributed by atoms with Gasteiger partial charge in [-0.1, -0.05) is 6.92 Å². The van der Waals surface area contributed by atoms with Gasteiger partial charge in [-0.15, -0.1) is 0 Å². The number of esters is 2. The SMILES string of the molecule is CCC(C)(C)C(=O)OCCOC(=O)C1=C(C(=O)O)CCC1. The number of hydrogen-bond donors (Lipinski definition) is 1. The average molecular weight is 298 g/mol. The lowest BCUT2D eigenvalue weighted by Gasteiger charge is -2.20. The van der Waals surface area contributed by atoms with Gasteiger partial charge in [-0.2, -0.15) is 0 Å². The van der Waals surface area contributed by atoms with Crippen molar-refractivity contribution < 1.29 is 29.0 Å². The molecule has 0 aromatic heterocycles. The number of carbonyl (C=O) groups is 3. The number of carbonyl (C=O) groups excluding carboxylic acids is 2. The van der Waals surface area contributed by atoms with Crippen LogP contribution in [0.1, 0.15) is 46.5 Å². The lowest BCUT2D eigenvalue weighted by Crippen LogP contribution is -2.27. The van der Waals surface area contributed by atoms with Crippen molar-refractivity contribution in [1.82, 2.24) is 0 Å². The fraction of sp³-hybridized carbons (Fsp3) is 0.667. The van der Waals surface area contributed by atoms with Crippen LogP contribution in [0.25, 0.3) is 0 Å². The molecular formula is C15H22O6. The van der Waals surface area contributed by atoms with Crippen molar-refractivity contribution in [1.29, 1.82) is 0 Å². The van der Waals surface area contributed by atoms with Gasteiger partial charge in [-0.3, -0.25) is 4.79 Å². The topological polar surface area (TPSA) is 89.9 Å². The summed E-state index contributed by atoms with van der Waals surface area (Å²) in [7, 11) is 0.